The Morgan fingerprint density at radius 3 is 1.88 bits per heavy atom. The maximum absolute atomic E-state index is 13.5. The van der Waals surface area contributed by atoms with E-state index < -0.39 is 54.3 Å². The smallest absolute Gasteiger partial charge is 0.326 e. The number of benzene rings is 2. The summed E-state index contributed by atoms with van der Waals surface area (Å²) < 4.78 is 0. The minimum absolute atomic E-state index is 0.0120. The molecule has 13 nitrogen and oxygen atoms in total. The summed E-state index contributed by atoms with van der Waals surface area (Å²) in [7, 11) is 0. The first-order valence-electron chi connectivity index (χ1n) is 13.4. The number of hydrogen-bond donors (Lipinski definition) is 8. The molecule has 2 heterocycles. The van der Waals surface area contributed by atoms with E-state index in [4.69, 9.17) is 11.5 Å². The highest BCUT2D eigenvalue weighted by Gasteiger charge is 2.28. The number of nitrogens with two attached hydrogens (primary N) is 2. The molecule has 3 unspecified atom stereocenters. The van der Waals surface area contributed by atoms with Gasteiger partial charge in [-0.1, -0.05) is 36.4 Å². The zero-order valence-electron chi connectivity index (χ0n) is 22.7. The Morgan fingerprint density at radius 2 is 1.33 bits per heavy atom. The molecule has 0 spiro atoms. The highest BCUT2D eigenvalue weighted by atomic mass is 16.4. The third-order valence-electron chi connectivity index (χ3n) is 6.93. The number of primary amides is 1. The number of H-pyrrole nitrogens is 2. The summed E-state index contributed by atoms with van der Waals surface area (Å²) in [5.41, 5.74) is 13.9. The predicted octanol–water partition coefficient (Wildman–Crippen LogP) is 0.198. The van der Waals surface area contributed by atoms with Gasteiger partial charge in [0.2, 0.25) is 23.6 Å². The summed E-state index contributed by atoms with van der Waals surface area (Å²) in [6, 6.07) is 11.4. The summed E-state index contributed by atoms with van der Waals surface area (Å²) in [5, 5.41) is 19.2. The van der Waals surface area contributed by atoms with Crippen LogP contribution in [0.3, 0.4) is 0 Å². The fraction of sp³-hybridized carbons (Fsp3) is 0.276. The minimum atomic E-state index is -1.28. The number of amides is 4. The Labute approximate surface area is 240 Å². The first kappa shape index (κ1) is 29.8. The van der Waals surface area contributed by atoms with Crippen molar-refractivity contribution in [2.45, 2.75) is 43.8 Å². The maximum Gasteiger partial charge on any atom is 0.326 e. The van der Waals surface area contributed by atoms with Gasteiger partial charge in [0.05, 0.1) is 12.6 Å². The molecular weight excluding hydrogens is 542 g/mol. The molecule has 0 saturated carbocycles. The highest BCUT2D eigenvalue weighted by molar-refractivity contribution is 5.94. The first-order chi connectivity index (χ1) is 20.1. The zero-order valence-corrected chi connectivity index (χ0v) is 22.7. The lowest BCUT2D eigenvalue weighted by atomic mass is 10.0. The second kappa shape index (κ2) is 13.5. The number of carboxylic acids is 1. The van der Waals surface area contributed by atoms with Crippen LogP contribution in [0, 0.1) is 0 Å². The number of aromatic nitrogens is 2. The molecule has 0 aliphatic rings. The molecule has 4 rings (SSSR count). The zero-order chi connectivity index (χ0) is 30.2. The van der Waals surface area contributed by atoms with E-state index in [-0.39, 0.29) is 25.7 Å². The van der Waals surface area contributed by atoms with Crippen LogP contribution in [0.1, 0.15) is 24.0 Å². The van der Waals surface area contributed by atoms with Crippen LogP contribution >= 0.6 is 0 Å². The van der Waals surface area contributed by atoms with E-state index in [1.54, 1.807) is 12.4 Å². The van der Waals surface area contributed by atoms with Crippen LogP contribution in [-0.2, 0) is 36.8 Å². The number of carbonyl (C=O) groups excluding carboxylic acids is 4. The van der Waals surface area contributed by atoms with E-state index in [1.165, 1.54) is 0 Å². The number of nitrogens with one attached hydrogen (secondary N) is 5. The van der Waals surface area contributed by atoms with Gasteiger partial charge in [0.25, 0.3) is 0 Å². The predicted molar refractivity (Wildman–Crippen MR) is 155 cm³/mol. The minimum Gasteiger partial charge on any atom is -0.480 e. The molecule has 3 atom stereocenters. The van der Waals surface area contributed by atoms with Gasteiger partial charge in [0.1, 0.15) is 12.1 Å². The lowest BCUT2D eigenvalue weighted by Crippen LogP contribution is -2.54. The molecule has 0 aliphatic carbocycles. The van der Waals surface area contributed by atoms with Crippen LogP contribution in [-0.4, -0.2) is 69.3 Å². The van der Waals surface area contributed by atoms with Crippen molar-refractivity contribution in [2.75, 3.05) is 6.54 Å². The monoisotopic (exact) mass is 575 g/mol. The maximum atomic E-state index is 13.5. The van der Waals surface area contributed by atoms with Gasteiger partial charge in [-0.15, -0.1) is 0 Å². The summed E-state index contributed by atoms with van der Waals surface area (Å²) >= 11 is 0. The Balaban J connectivity index is 1.48. The van der Waals surface area contributed by atoms with Gasteiger partial charge < -0.3 is 42.5 Å². The molecule has 0 bridgehead atoms. The third kappa shape index (κ3) is 7.52. The van der Waals surface area contributed by atoms with Gasteiger partial charge in [-0.2, -0.15) is 0 Å². The van der Waals surface area contributed by atoms with Crippen molar-refractivity contribution in [3.05, 3.63) is 72.1 Å². The van der Waals surface area contributed by atoms with Crippen molar-refractivity contribution >= 4 is 51.4 Å². The summed E-state index contributed by atoms with van der Waals surface area (Å²) in [4.78, 5) is 67.9. The molecule has 4 aromatic rings. The summed E-state index contributed by atoms with van der Waals surface area (Å²) in [6.45, 7) is -0.488. The fourth-order valence-corrected chi connectivity index (χ4v) is 4.70. The number of carbonyl (C=O) groups is 5. The Hall–Kier alpha value is -5.17. The van der Waals surface area contributed by atoms with E-state index in [1.807, 2.05) is 48.5 Å². The second-order valence-corrected chi connectivity index (χ2v) is 9.98. The van der Waals surface area contributed by atoms with Gasteiger partial charge in [-0.05, 0) is 29.7 Å². The average molecular weight is 576 g/mol. The van der Waals surface area contributed by atoms with Crippen molar-refractivity contribution in [1.29, 1.82) is 0 Å². The van der Waals surface area contributed by atoms with Crippen LogP contribution in [0.5, 0.6) is 0 Å². The van der Waals surface area contributed by atoms with Gasteiger partial charge in [0.15, 0.2) is 0 Å². The van der Waals surface area contributed by atoms with Crippen molar-refractivity contribution in [3.8, 4) is 0 Å². The Bertz CT molecular complexity index is 1610. The molecule has 0 saturated heterocycles. The lowest BCUT2D eigenvalue weighted by Gasteiger charge is -2.22. The molecular formula is C29H33N7O6. The Kier molecular flexibility index (Phi) is 9.55. The van der Waals surface area contributed by atoms with Crippen molar-refractivity contribution in [2.24, 2.45) is 11.5 Å². The van der Waals surface area contributed by atoms with E-state index in [0.29, 0.717) is 5.56 Å². The molecule has 4 amide bonds. The fourth-order valence-electron chi connectivity index (χ4n) is 4.70. The van der Waals surface area contributed by atoms with Crippen molar-refractivity contribution < 1.29 is 29.1 Å². The van der Waals surface area contributed by atoms with E-state index in [2.05, 4.69) is 25.9 Å². The third-order valence-corrected chi connectivity index (χ3v) is 6.93. The van der Waals surface area contributed by atoms with Crippen molar-refractivity contribution in [1.82, 2.24) is 25.9 Å². The molecule has 13 heteroatoms. The summed E-state index contributed by atoms with van der Waals surface area (Å²) in [5.74, 6) is -3.89. The molecule has 10 N–H and O–H groups in total. The highest BCUT2D eigenvalue weighted by Crippen LogP contribution is 2.21. The molecule has 220 valence electrons. The molecule has 42 heavy (non-hydrogen) atoms. The van der Waals surface area contributed by atoms with Crippen LogP contribution in [0.25, 0.3) is 21.8 Å². The number of hydrogen-bond acceptors (Lipinski definition) is 6. The number of fused-ring (bicyclic) bond motifs is 2. The molecule has 2 aromatic heterocycles. The number of para-hydroxylation sites is 2. The van der Waals surface area contributed by atoms with Crippen LogP contribution in [0.2, 0.25) is 0 Å². The first-order valence-corrected chi connectivity index (χ1v) is 13.4. The van der Waals surface area contributed by atoms with E-state index >= 15 is 0 Å². The van der Waals surface area contributed by atoms with Crippen LogP contribution in [0.4, 0.5) is 0 Å². The quantitative estimate of drug-likeness (QED) is 0.104. The molecule has 2 aromatic carbocycles. The largest absolute Gasteiger partial charge is 0.480 e. The van der Waals surface area contributed by atoms with E-state index in [0.717, 1.165) is 27.4 Å². The van der Waals surface area contributed by atoms with Gasteiger partial charge >= 0.3 is 5.97 Å². The van der Waals surface area contributed by atoms with Gasteiger partial charge in [-0.25, -0.2) is 4.79 Å². The van der Waals surface area contributed by atoms with Crippen molar-refractivity contribution in [3.63, 3.8) is 0 Å². The number of aliphatic carboxylic acids is 1. The average Bonchev–Trinajstić information content (AvgIpc) is 3.57. The molecule has 0 aliphatic heterocycles. The Morgan fingerprint density at radius 1 is 0.786 bits per heavy atom. The lowest BCUT2D eigenvalue weighted by molar-refractivity contribution is -0.142. The SMILES string of the molecule is NC(=O)CCC(N)C(=O)NCC(=O)NC(Cc1c[nH]c2ccccc12)C(=O)NC(Cc1c[nH]c2ccccc12)C(=O)O. The molecule has 0 radical (unpaired) electrons. The number of aromatic amines is 2. The normalized spacial score (nSPS) is 13.3. The van der Waals surface area contributed by atoms with Crippen LogP contribution < -0.4 is 27.4 Å². The molecule has 0 fully saturated rings. The van der Waals surface area contributed by atoms with Gasteiger partial charge in [0, 0.05) is 53.5 Å². The number of carboxylic acid groups (broad SMARTS) is 1. The standard InChI is InChI=1S/C29H33N7O6/c30-20(9-10-25(31)37)27(39)34-15-26(38)35-23(11-16-13-32-21-7-3-1-5-18(16)21)28(40)36-24(29(41)42)12-17-14-33-22-8-4-2-6-19(17)22/h1-8,13-14,20,23-24,32-33H,9-12,15,30H2,(H2,31,37)(H,34,39)(H,35,38)(H,36,40)(H,41,42). The van der Waals surface area contributed by atoms with E-state index in [9.17, 15) is 29.1 Å². The second-order valence-electron chi connectivity index (χ2n) is 9.98. The number of rotatable bonds is 14. The summed E-state index contributed by atoms with van der Waals surface area (Å²) in [6.07, 6.45) is 3.41. The van der Waals surface area contributed by atoms with Crippen LogP contribution in [0.15, 0.2) is 60.9 Å². The van der Waals surface area contributed by atoms with Gasteiger partial charge in [-0.3, -0.25) is 19.2 Å². The topological polar surface area (TPSA) is 225 Å².